The maximum atomic E-state index is 13.7. The van der Waals surface area contributed by atoms with Crippen LogP contribution in [-0.2, 0) is 30.4 Å². The van der Waals surface area contributed by atoms with E-state index in [1.807, 2.05) is 62.4 Å². The Hall–Kier alpha value is -1.68. The number of hydrogen-bond acceptors (Lipinski definition) is 7. The van der Waals surface area contributed by atoms with E-state index in [9.17, 15) is 9.59 Å². The lowest BCUT2D eigenvalue weighted by Crippen LogP contribution is -2.39. The van der Waals surface area contributed by atoms with E-state index in [-0.39, 0.29) is 24.1 Å². The van der Waals surface area contributed by atoms with Gasteiger partial charge in [0.25, 0.3) is 5.91 Å². The van der Waals surface area contributed by atoms with Crippen LogP contribution in [0.1, 0.15) is 26.7 Å². The summed E-state index contributed by atoms with van der Waals surface area (Å²) in [6.45, 7) is 1.92. The molecule has 0 saturated carbocycles. The summed E-state index contributed by atoms with van der Waals surface area (Å²) in [7, 11) is 0. The molecule has 1 fully saturated rings. The van der Waals surface area contributed by atoms with Crippen molar-refractivity contribution in [2.24, 2.45) is 4.76 Å². The lowest BCUT2D eigenvalue weighted by atomic mass is 10.2. The van der Waals surface area contributed by atoms with Gasteiger partial charge in [0.2, 0.25) is 5.12 Å². The van der Waals surface area contributed by atoms with Crippen molar-refractivity contribution >= 4 is 69.5 Å². The van der Waals surface area contributed by atoms with Gasteiger partial charge >= 0.3 is 6.64 Å². The van der Waals surface area contributed by atoms with E-state index in [2.05, 4.69) is 4.76 Å². The number of benzene rings is 2. The van der Waals surface area contributed by atoms with Crippen molar-refractivity contribution < 1.29 is 18.6 Å². The molecule has 0 unspecified atom stereocenters. The van der Waals surface area contributed by atoms with Gasteiger partial charge < -0.3 is 13.9 Å². The molecule has 1 saturated heterocycles. The van der Waals surface area contributed by atoms with Gasteiger partial charge in [0.05, 0.1) is 31.1 Å². The van der Waals surface area contributed by atoms with Crippen molar-refractivity contribution in [3.8, 4) is 0 Å². The third-order valence-corrected chi connectivity index (χ3v) is 9.41. The maximum Gasteiger partial charge on any atom is 0.311 e. The number of thioether (sulfide) groups is 1. The summed E-state index contributed by atoms with van der Waals surface area (Å²) in [4.78, 5) is 31.4. The zero-order valence-corrected chi connectivity index (χ0v) is 22.4. The molecule has 11 heteroatoms. The molecular formula is C23H26N3O4PS3. The number of para-hydroxylation sites is 2. The van der Waals surface area contributed by atoms with E-state index < -0.39 is 6.64 Å². The summed E-state index contributed by atoms with van der Waals surface area (Å²) >= 11 is 8.26. The van der Waals surface area contributed by atoms with Gasteiger partial charge in [0.15, 0.2) is 5.17 Å². The first-order chi connectivity index (χ1) is 16.4. The molecule has 180 valence electrons. The molecule has 0 N–H and O–H groups in total. The Morgan fingerprint density at radius 3 is 2.12 bits per heavy atom. The molecule has 2 aliphatic rings. The predicted octanol–water partition coefficient (Wildman–Crippen LogP) is 5.83. The smallest absolute Gasteiger partial charge is 0.311 e. The minimum absolute atomic E-state index is 0.0121. The number of amides is 1. The van der Waals surface area contributed by atoms with Crippen LogP contribution >= 0.6 is 30.2 Å². The Morgan fingerprint density at radius 2 is 1.56 bits per heavy atom. The highest BCUT2D eigenvalue weighted by Gasteiger charge is 2.35. The summed E-state index contributed by atoms with van der Waals surface area (Å²) in [5.41, 5.74) is 1.66. The quantitative estimate of drug-likeness (QED) is 0.372. The number of rotatable bonds is 9. The molecule has 0 spiro atoms. The fourth-order valence-electron chi connectivity index (χ4n) is 3.45. The van der Waals surface area contributed by atoms with E-state index in [4.69, 9.17) is 20.9 Å². The second-order valence-corrected chi connectivity index (χ2v) is 12.8. The summed E-state index contributed by atoms with van der Waals surface area (Å²) in [6.07, 6.45) is 1.55. The lowest BCUT2D eigenvalue weighted by Gasteiger charge is -2.32. The highest BCUT2D eigenvalue weighted by molar-refractivity contribution is 8.27. The van der Waals surface area contributed by atoms with Crippen LogP contribution in [0.2, 0.25) is 0 Å². The minimum Gasteiger partial charge on any atom is -0.333 e. The van der Waals surface area contributed by atoms with Gasteiger partial charge in [0, 0.05) is 9.79 Å². The molecule has 4 rings (SSSR count). The van der Waals surface area contributed by atoms with Crippen molar-refractivity contribution in [3.63, 3.8) is 0 Å². The SMILES string of the molecule is CCCOP(=S)(N=C1SC(=O)CN1CC(=O)N1c2ccccc2Sc2ccccc21)OCCC. The lowest BCUT2D eigenvalue weighted by molar-refractivity contribution is -0.118. The van der Waals surface area contributed by atoms with Crippen molar-refractivity contribution in [2.75, 3.05) is 31.2 Å². The number of fused-ring (bicyclic) bond motifs is 2. The Labute approximate surface area is 213 Å². The van der Waals surface area contributed by atoms with Crippen LogP contribution in [0.25, 0.3) is 0 Å². The summed E-state index contributed by atoms with van der Waals surface area (Å²) in [5.74, 6) is -0.152. The van der Waals surface area contributed by atoms with Crippen LogP contribution in [0.3, 0.4) is 0 Å². The number of carbonyl (C=O) groups is 2. The first kappa shape index (κ1) is 25.4. The summed E-state index contributed by atoms with van der Waals surface area (Å²) in [5, 5.41) is 0.302. The molecule has 7 nitrogen and oxygen atoms in total. The number of nitrogens with zero attached hydrogens (tertiary/aromatic N) is 3. The van der Waals surface area contributed by atoms with Crippen molar-refractivity contribution in [1.29, 1.82) is 0 Å². The fourth-order valence-corrected chi connectivity index (χ4v) is 7.86. The van der Waals surface area contributed by atoms with Crippen molar-refractivity contribution in [3.05, 3.63) is 48.5 Å². The van der Waals surface area contributed by atoms with Gasteiger partial charge in [-0.05, 0) is 60.7 Å². The first-order valence-electron chi connectivity index (χ1n) is 11.1. The van der Waals surface area contributed by atoms with Crippen LogP contribution in [-0.4, -0.2) is 47.4 Å². The zero-order valence-electron chi connectivity index (χ0n) is 19.0. The van der Waals surface area contributed by atoms with Crippen LogP contribution in [0, 0.1) is 0 Å². The van der Waals surface area contributed by atoms with Gasteiger partial charge in [-0.25, -0.2) is 0 Å². The van der Waals surface area contributed by atoms with Gasteiger partial charge in [-0.1, -0.05) is 49.9 Å². The fraction of sp³-hybridized carbons (Fsp3) is 0.348. The molecule has 0 bridgehead atoms. The van der Waals surface area contributed by atoms with Gasteiger partial charge in [-0.2, -0.15) is 4.76 Å². The topological polar surface area (TPSA) is 71.4 Å². The Balaban J connectivity index is 1.62. The van der Waals surface area contributed by atoms with E-state index >= 15 is 0 Å². The van der Waals surface area contributed by atoms with E-state index in [0.717, 1.165) is 45.8 Å². The Morgan fingerprint density at radius 1 is 1.00 bits per heavy atom. The highest BCUT2D eigenvalue weighted by Crippen LogP contribution is 2.52. The van der Waals surface area contributed by atoms with Crippen molar-refractivity contribution in [2.45, 2.75) is 36.5 Å². The number of hydrogen-bond donors (Lipinski definition) is 0. The third-order valence-electron chi connectivity index (χ3n) is 4.93. The Bertz CT molecular complexity index is 1100. The first-order valence-corrected chi connectivity index (χ1v) is 15.3. The molecule has 2 aromatic rings. The third kappa shape index (κ3) is 5.75. The average molecular weight is 536 g/mol. The molecule has 2 aromatic carbocycles. The van der Waals surface area contributed by atoms with Crippen LogP contribution in [0.15, 0.2) is 63.1 Å². The number of carbonyl (C=O) groups excluding carboxylic acids is 2. The monoisotopic (exact) mass is 535 g/mol. The molecule has 1 amide bonds. The van der Waals surface area contributed by atoms with Crippen LogP contribution < -0.4 is 4.90 Å². The molecule has 34 heavy (non-hydrogen) atoms. The average Bonchev–Trinajstić information content (AvgIpc) is 3.17. The molecule has 2 heterocycles. The number of amidine groups is 1. The zero-order chi connectivity index (χ0) is 24.1. The number of anilines is 2. The summed E-state index contributed by atoms with van der Waals surface area (Å²) < 4.78 is 16.2. The molecule has 0 aromatic heterocycles. The minimum atomic E-state index is -2.97. The molecule has 0 aliphatic carbocycles. The van der Waals surface area contributed by atoms with Gasteiger partial charge in [0.1, 0.15) is 6.54 Å². The maximum absolute atomic E-state index is 13.7. The largest absolute Gasteiger partial charge is 0.333 e. The van der Waals surface area contributed by atoms with Crippen molar-refractivity contribution in [1.82, 2.24) is 4.90 Å². The van der Waals surface area contributed by atoms with Gasteiger partial charge in [-0.3, -0.25) is 14.5 Å². The summed E-state index contributed by atoms with van der Waals surface area (Å²) in [6, 6.07) is 15.6. The molecular weight excluding hydrogens is 509 g/mol. The Kier molecular flexibility index (Phi) is 8.50. The second kappa shape index (κ2) is 11.4. The molecule has 2 aliphatic heterocycles. The highest BCUT2D eigenvalue weighted by atomic mass is 32.5. The predicted molar refractivity (Wildman–Crippen MR) is 143 cm³/mol. The van der Waals surface area contributed by atoms with E-state index in [1.165, 1.54) is 0 Å². The molecule has 0 radical (unpaired) electrons. The van der Waals surface area contributed by atoms with Crippen LogP contribution in [0.4, 0.5) is 11.4 Å². The second-order valence-electron chi connectivity index (χ2n) is 7.61. The van der Waals surface area contributed by atoms with E-state index in [1.54, 1.807) is 21.6 Å². The normalized spacial score (nSPS) is 16.6. The standard InChI is InChI=1S/C23H26N3O4PS3/c1-3-13-29-31(32,30-14-4-2)24-23-25(16-22(28)34-23)15-21(27)26-17-9-5-7-11-19(17)33-20-12-8-6-10-18(20)26/h5-12H,3-4,13-16H2,1-2H3. The van der Waals surface area contributed by atoms with Gasteiger partial charge in [-0.15, -0.1) is 0 Å². The van der Waals surface area contributed by atoms with Crippen LogP contribution in [0.5, 0.6) is 0 Å². The molecule has 0 atom stereocenters. The van der Waals surface area contributed by atoms with E-state index in [0.29, 0.717) is 18.4 Å².